The summed E-state index contributed by atoms with van der Waals surface area (Å²) in [6.45, 7) is 0.705. The quantitative estimate of drug-likeness (QED) is 0.713. The van der Waals surface area contributed by atoms with Crippen molar-refractivity contribution in [3.8, 4) is 5.75 Å². The van der Waals surface area contributed by atoms with Gasteiger partial charge in [0, 0.05) is 5.56 Å². The normalized spacial score (nSPS) is 11.7. The zero-order valence-corrected chi connectivity index (χ0v) is 9.82. The third-order valence-electron chi connectivity index (χ3n) is 1.55. The van der Waals surface area contributed by atoms with Crippen LogP contribution in [-0.4, -0.2) is 6.61 Å². The summed E-state index contributed by atoms with van der Waals surface area (Å²) in [5.41, 5.74) is 1.17. The van der Waals surface area contributed by atoms with Gasteiger partial charge in [0.25, 0.3) is 0 Å². The first-order valence-corrected chi connectivity index (χ1v) is 3.35. The molecule has 0 atom stereocenters. The van der Waals surface area contributed by atoms with Crippen molar-refractivity contribution in [1.82, 2.24) is 0 Å². The van der Waals surface area contributed by atoms with Crippen molar-refractivity contribution in [1.29, 1.82) is 0 Å². The molecular weight excluding hydrogens is 284 g/mol. The second-order valence-electron chi connectivity index (χ2n) is 2.25. The highest BCUT2D eigenvalue weighted by molar-refractivity contribution is 8.93. The molecule has 0 aromatic heterocycles. The lowest BCUT2D eigenvalue weighted by Crippen LogP contribution is -1.98. The minimum atomic E-state index is 0. The van der Waals surface area contributed by atoms with E-state index in [1.807, 2.05) is 30.3 Å². The Balaban J connectivity index is 0.000000605. The summed E-state index contributed by atoms with van der Waals surface area (Å²) in [6.07, 6.45) is 4.10. The van der Waals surface area contributed by atoms with Crippen LogP contribution in [0.15, 0.2) is 30.3 Å². The molecule has 0 saturated heterocycles. The van der Waals surface area contributed by atoms with Crippen LogP contribution in [0.2, 0.25) is 0 Å². The van der Waals surface area contributed by atoms with Crippen LogP contribution in [0.5, 0.6) is 5.75 Å². The van der Waals surface area contributed by atoms with Crippen molar-refractivity contribution in [3.05, 3.63) is 35.9 Å². The fourth-order valence-corrected chi connectivity index (χ4v) is 1.06. The molecule has 1 aromatic rings. The maximum atomic E-state index is 5.34. The fourth-order valence-electron chi connectivity index (χ4n) is 1.06. The van der Waals surface area contributed by atoms with Crippen LogP contribution in [0, 0.1) is 0 Å². The topological polar surface area (TPSA) is 9.23 Å². The summed E-state index contributed by atoms with van der Waals surface area (Å²) < 4.78 is 5.34. The van der Waals surface area contributed by atoms with Gasteiger partial charge in [-0.2, -0.15) is 0 Å². The van der Waals surface area contributed by atoms with Crippen LogP contribution >= 0.6 is 34.0 Å². The van der Waals surface area contributed by atoms with E-state index in [1.165, 1.54) is 5.56 Å². The Hall–Kier alpha value is -0.280. The summed E-state index contributed by atoms with van der Waals surface area (Å²) in [4.78, 5) is 0. The molecule has 1 heterocycles. The van der Waals surface area contributed by atoms with Crippen molar-refractivity contribution in [2.45, 2.75) is 0 Å². The van der Waals surface area contributed by atoms with Crippen molar-refractivity contribution in [2.75, 3.05) is 6.61 Å². The molecule has 0 aliphatic carbocycles. The maximum Gasteiger partial charge on any atom is 0.126 e. The van der Waals surface area contributed by atoms with Crippen LogP contribution in [0.4, 0.5) is 0 Å². The van der Waals surface area contributed by atoms with E-state index in [0.717, 1.165) is 5.75 Å². The lowest BCUT2D eigenvalue weighted by Gasteiger charge is -2.10. The third-order valence-corrected chi connectivity index (χ3v) is 1.55. The zero-order chi connectivity index (χ0) is 6.81. The van der Waals surface area contributed by atoms with Gasteiger partial charge in [0.1, 0.15) is 12.4 Å². The molecule has 3 heteroatoms. The van der Waals surface area contributed by atoms with Crippen molar-refractivity contribution in [2.24, 2.45) is 0 Å². The van der Waals surface area contributed by atoms with E-state index in [0.29, 0.717) is 6.61 Å². The van der Waals surface area contributed by atoms with E-state index in [-0.39, 0.29) is 34.0 Å². The Bertz CT molecular complexity index is 271. The molecule has 0 amide bonds. The summed E-state index contributed by atoms with van der Waals surface area (Å²) in [6, 6.07) is 8.03. The minimum absolute atomic E-state index is 0. The SMILES string of the molecule is Br.Br.C1=Cc2ccccc2OC1. The van der Waals surface area contributed by atoms with Crippen LogP contribution in [0.1, 0.15) is 5.56 Å². The Morgan fingerprint density at radius 1 is 1.08 bits per heavy atom. The van der Waals surface area contributed by atoms with E-state index in [9.17, 15) is 0 Å². The number of fused-ring (bicyclic) bond motifs is 1. The first-order valence-electron chi connectivity index (χ1n) is 3.35. The van der Waals surface area contributed by atoms with Crippen molar-refractivity contribution >= 4 is 40.0 Å². The number of hydrogen-bond acceptors (Lipinski definition) is 1. The molecule has 12 heavy (non-hydrogen) atoms. The number of halogens is 2. The Kier molecular flexibility index (Phi) is 5.25. The summed E-state index contributed by atoms with van der Waals surface area (Å²) >= 11 is 0. The van der Waals surface area contributed by atoms with Gasteiger partial charge in [0.2, 0.25) is 0 Å². The van der Waals surface area contributed by atoms with Crippen molar-refractivity contribution in [3.63, 3.8) is 0 Å². The van der Waals surface area contributed by atoms with E-state index in [2.05, 4.69) is 6.08 Å². The second kappa shape index (κ2) is 5.38. The van der Waals surface area contributed by atoms with Gasteiger partial charge in [-0.1, -0.05) is 24.3 Å². The first kappa shape index (κ1) is 11.7. The van der Waals surface area contributed by atoms with Gasteiger partial charge in [-0.05, 0) is 12.1 Å². The molecule has 2 rings (SSSR count). The van der Waals surface area contributed by atoms with E-state index in [4.69, 9.17) is 4.74 Å². The Labute approximate surface area is 93.0 Å². The molecule has 0 radical (unpaired) electrons. The van der Waals surface area contributed by atoms with Crippen LogP contribution < -0.4 is 4.74 Å². The highest BCUT2D eigenvalue weighted by atomic mass is 79.9. The molecule has 1 aliphatic heterocycles. The molecule has 1 nitrogen and oxygen atoms in total. The average molecular weight is 294 g/mol. The highest BCUT2D eigenvalue weighted by Crippen LogP contribution is 2.21. The van der Waals surface area contributed by atoms with Crippen LogP contribution in [-0.2, 0) is 0 Å². The lowest BCUT2D eigenvalue weighted by atomic mass is 10.1. The van der Waals surface area contributed by atoms with E-state index < -0.39 is 0 Å². The Morgan fingerprint density at radius 2 is 1.83 bits per heavy atom. The molecule has 0 fully saturated rings. The standard InChI is InChI=1S/C9H8O.2BrH/c1-2-6-9-8(4-1)5-3-7-10-9;;/h1-6H,7H2;2*1H. The third kappa shape index (κ3) is 2.35. The molecule has 0 saturated carbocycles. The smallest absolute Gasteiger partial charge is 0.126 e. The van der Waals surface area contributed by atoms with Gasteiger partial charge >= 0.3 is 0 Å². The number of ether oxygens (including phenoxy) is 1. The van der Waals surface area contributed by atoms with Crippen molar-refractivity contribution < 1.29 is 4.74 Å². The summed E-state index contributed by atoms with van der Waals surface area (Å²) in [5.74, 6) is 0.991. The van der Waals surface area contributed by atoms with Gasteiger partial charge in [0.05, 0.1) is 0 Å². The van der Waals surface area contributed by atoms with Gasteiger partial charge in [-0.3, -0.25) is 0 Å². The molecule has 0 unspecified atom stereocenters. The number of benzene rings is 1. The molecule has 0 bridgehead atoms. The zero-order valence-electron chi connectivity index (χ0n) is 6.40. The monoisotopic (exact) mass is 292 g/mol. The van der Waals surface area contributed by atoms with Gasteiger partial charge in [-0.25, -0.2) is 0 Å². The molecule has 66 valence electrons. The predicted molar refractivity (Wildman–Crippen MR) is 61.6 cm³/mol. The second-order valence-corrected chi connectivity index (χ2v) is 2.25. The lowest BCUT2D eigenvalue weighted by molar-refractivity contribution is 0.358. The van der Waals surface area contributed by atoms with Gasteiger partial charge in [-0.15, -0.1) is 34.0 Å². The van der Waals surface area contributed by atoms with Crippen LogP contribution in [0.3, 0.4) is 0 Å². The number of para-hydroxylation sites is 1. The molecule has 0 N–H and O–H groups in total. The number of rotatable bonds is 0. The summed E-state index contributed by atoms with van der Waals surface area (Å²) in [7, 11) is 0. The van der Waals surface area contributed by atoms with E-state index >= 15 is 0 Å². The largest absolute Gasteiger partial charge is 0.489 e. The predicted octanol–water partition coefficient (Wildman–Crippen LogP) is 3.25. The van der Waals surface area contributed by atoms with E-state index in [1.54, 1.807) is 0 Å². The highest BCUT2D eigenvalue weighted by Gasteiger charge is 2.01. The maximum absolute atomic E-state index is 5.34. The summed E-state index contributed by atoms with van der Waals surface area (Å²) in [5, 5.41) is 0. The van der Waals surface area contributed by atoms with Gasteiger partial charge < -0.3 is 4.74 Å². The molecule has 1 aliphatic rings. The fraction of sp³-hybridized carbons (Fsp3) is 0.111. The number of hydrogen-bond donors (Lipinski definition) is 0. The Morgan fingerprint density at radius 3 is 2.58 bits per heavy atom. The van der Waals surface area contributed by atoms with Crippen LogP contribution in [0.25, 0.3) is 6.08 Å². The molecule has 0 spiro atoms. The minimum Gasteiger partial charge on any atom is -0.489 e. The molecule has 1 aromatic carbocycles. The van der Waals surface area contributed by atoms with Gasteiger partial charge in [0.15, 0.2) is 0 Å². The first-order chi connectivity index (χ1) is 4.97. The average Bonchev–Trinajstić information content (AvgIpc) is 2.05. The molecular formula is C9H10Br2O.